The molecule has 3 aromatic heterocycles. The molecule has 0 aromatic carbocycles. The maximum Gasteiger partial charge on any atom is 0.356 e. The summed E-state index contributed by atoms with van der Waals surface area (Å²) in [6.45, 7) is 0. The predicted molar refractivity (Wildman–Crippen MR) is 63.2 cm³/mol. The van der Waals surface area contributed by atoms with Gasteiger partial charge >= 0.3 is 5.97 Å². The summed E-state index contributed by atoms with van der Waals surface area (Å²) in [7, 11) is 0. The zero-order valence-electron chi connectivity index (χ0n) is 9.19. The fraction of sp³-hybridized carbons (Fsp3) is 0. The van der Waals surface area contributed by atoms with Crippen molar-refractivity contribution in [2.45, 2.75) is 0 Å². The fourth-order valence-electron chi connectivity index (χ4n) is 1.66. The van der Waals surface area contributed by atoms with Crippen molar-refractivity contribution in [2.24, 2.45) is 0 Å². The first-order valence-electron chi connectivity index (χ1n) is 5.24. The van der Waals surface area contributed by atoms with Gasteiger partial charge in [-0.15, -0.1) is 0 Å². The van der Waals surface area contributed by atoms with Crippen molar-refractivity contribution in [1.82, 2.24) is 19.6 Å². The monoisotopic (exact) mass is 240 g/mol. The van der Waals surface area contributed by atoms with Gasteiger partial charge in [-0.1, -0.05) is 0 Å². The quantitative estimate of drug-likeness (QED) is 0.734. The first-order valence-corrected chi connectivity index (χ1v) is 5.24. The summed E-state index contributed by atoms with van der Waals surface area (Å²) in [5.41, 5.74) is 2.14. The molecule has 0 fully saturated rings. The van der Waals surface area contributed by atoms with E-state index in [0.29, 0.717) is 5.65 Å². The number of hydrogen-bond acceptors (Lipinski definition) is 4. The van der Waals surface area contributed by atoms with Crippen LogP contribution in [0.25, 0.3) is 16.9 Å². The highest BCUT2D eigenvalue weighted by Crippen LogP contribution is 2.16. The molecule has 0 radical (unpaired) electrons. The molecule has 88 valence electrons. The molecule has 0 aliphatic heterocycles. The summed E-state index contributed by atoms with van der Waals surface area (Å²) in [4.78, 5) is 18.7. The van der Waals surface area contributed by atoms with Gasteiger partial charge in [0.25, 0.3) is 0 Å². The molecule has 3 rings (SSSR count). The molecular weight excluding hydrogens is 232 g/mol. The van der Waals surface area contributed by atoms with Crippen molar-refractivity contribution >= 4 is 11.6 Å². The average Bonchev–Trinajstić information content (AvgIpc) is 2.82. The molecule has 6 heteroatoms. The van der Waals surface area contributed by atoms with Crippen LogP contribution < -0.4 is 0 Å². The number of fused-ring (bicyclic) bond motifs is 1. The van der Waals surface area contributed by atoms with Crippen molar-refractivity contribution in [2.75, 3.05) is 0 Å². The first-order chi connectivity index (χ1) is 8.74. The van der Waals surface area contributed by atoms with E-state index in [1.165, 1.54) is 10.7 Å². The van der Waals surface area contributed by atoms with Gasteiger partial charge in [-0.25, -0.2) is 14.3 Å². The molecule has 0 aliphatic rings. The summed E-state index contributed by atoms with van der Waals surface area (Å²) in [5.74, 6) is -1.06. The number of carbonyl (C=O) groups is 1. The van der Waals surface area contributed by atoms with E-state index < -0.39 is 5.97 Å². The minimum absolute atomic E-state index is 0.0191. The van der Waals surface area contributed by atoms with Crippen LogP contribution in [0.2, 0.25) is 0 Å². The largest absolute Gasteiger partial charge is 0.476 e. The topological polar surface area (TPSA) is 80.4 Å². The van der Waals surface area contributed by atoms with Gasteiger partial charge in [0, 0.05) is 18.0 Å². The number of aromatic nitrogens is 4. The minimum atomic E-state index is -1.06. The van der Waals surface area contributed by atoms with Gasteiger partial charge in [-0.3, -0.25) is 4.98 Å². The van der Waals surface area contributed by atoms with E-state index in [-0.39, 0.29) is 5.69 Å². The van der Waals surface area contributed by atoms with Crippen LogP contribution in [0.3, 0.4) is 0 Å². The second kappa shape index (κ2) is 3.92. The third-order valence-electron chi connectivity index (χ3n) is 2.52. The number of carboxylic acids is 1. The maximum absolute atomic E-state index is 10.8. The fourth-order valence-corrected chi connectivity index (χ4v) is 1.66. The summed E-state index contributed by atoms with van der Waals surface area (Å²) < 4.78 is 1.46. The predicted octanol–water partition coefficient (Wildman–Crippen LogP) is 1.49. The SMILES string of the molecule is O=C(O)c1cn2nc(-c3ccncc3)ccc2n1. The number of imidazole rings is 1. The number of carboxylic acid groups (broad SMARTS) is 1. The molecular formula is C12H8N4O2. The summed E-state index contributed by atoms with van der Waals surface area (Å²) in [5, 5.41) is 13.2. The molecule has 0 bridgehead atoms. The Bertz CT molecular complexity index is 721. The summed E-state index contributed by atoms with van der Waals surface area (Å²) in [6, 6.07) is 7.20. The first kappa shape index (κ1) is 10.4. The van der Waals surface area contributed by atoms with Crippen molar-refractivity contribution in [1.29, 1.82) is 0 Å². The van der Waals surface area contributed by atoms with Gasteiger partial charge < -0.3 is 5.11 Å². The zero-order chi connectivity index (χ0) is 12.5. The standard InChI is InChI=1S/C12H8N4O2/c17-12(18)10-7-16-11(14-10)2-1-9(15-16)8-3-5-13-6-4-8/h1-7H,(H,17,18). The summed E-state index contributed by atoms with van der Waals surface area (Å²) in [6.07, 6.45) is 4.75. The van der Waals surface area contributed by atoms with E-state index in [1.807, 2.05) is 12.1 Å². The van der Waals surface area contributed by atoms with Crippen LogP contribution in [0, 0.1) is 0 Å². The van der Waals surface area contributed by atoms with E-state index in [2.05, 4.69) is 15.1 Å². The van der Waals surface area contributed by atoms with Gasteiger partial charge in [-0.2, -0.15) is 5.10 Å². The number of nitrogens with zero attached hydrogens (tertiary/aromatic N) is 4. The van der Waals surface area contributed by atoms with Crippen LogP contribution in [0.4, 0.5) is 0 Å². The van der Waals surface area contributed by atoms with Crippen molar-refractivity contribution in [3.8, 4) is 11.3 Å². The highest BCUT2D eigenvalue weighted by atomic mass is 16.4. The molecule has 3 heterocycles. The lowest BCUT2D eigenvalue weighted by molar-refractivity contribution is 0.0691. The Balaban J connectivity index is 2.14. The number of pyridine rings is 1. The zero-order valence-corrected chi connectivity index (χ0v) is 9.19. The van der Waals surface area contributed by atoms with E-state index in [9.17, 15) is 4.79 Å². The van der Waals surface area contributed by atoms with Gasteiger partial charge in [0.2, 0.25) is 0 Å². The third kappa shape index (κ3) is 1.69. The lowest BCUT2D eigenvalue weighted by Gasteiger charge is -2.00. The highest BCUT2D eigenvalue weighted by molar-refractivity contribution is 5.86. The van der Waals surface area contributed by atoms with Crippen molar-refractivity contribution in [3.05, 3.63) is 48.5 Å². The van der Waals surface area contributed by atoms with Crippen molar-refractivity contribution < 1.29 is 9.90 Å². The van der Waals surface area contributed by atoms with Crippen LogP contribution in [0.15, 0.2) is 42.9 Å². The second-order valence-electron chi connectivity index (χ2n) is 3.69. The maximum atomic E-state index is 10.8. The number of rotatable bonds is 2. The second-order valence-corrected chi connectivity index (χ2v) is 3.69. The molecule has 3 aromatic rings. The number of hydrogen-bond donors (Lipinski definition) is 1. The smallest absolute Gasteiger partial charge is 0.356 e. The van der Waals surface area contributed by atoms with Crippen molar-refractivity contribution in [3.63, 3.8) is 0 Å². The van der Waals surface area contributed by atoms with Crippen LogP contribution in [0.1, 0.15) is 10.5 Å². The van der Waals surface area contributed by atoms with Crippen LogP contribution in [0.5, 0.6) is 0 Å². The van der Waals surface area contributed by atoms with Gasteiger partial charge in [0.1, 0.15) is 0 Å². The molecule has 0 atom stereocenters. The Labute approximate surface area is 102 Å². The molecule has 6 nitrogen and oxygen atoms in total. The van der Waals surface area contributed by atoms with E-state index in [4.69, 9.17) is 5.11 Å². The van der Waals surface area contributed by atoms with Gasteiger partial charge in [0.15, 0.2) is 11.3 Å². The molecule has 0 spiro atoms. The Hall–Kier alpha value is -2.76. The average molecular weight is 240 g/mol. The summed E-state index contributed by atoms with van der Waals surface area (Å²) >= 11 is 0. The molecule has 0 saturated carbocycles. The Morgan fingerprint density at radius 2 is 1.94 bits per heavy atom. The lowest BCUT2D eigenvalue weighted by atomic mass is 10.2. The minimum Gasteiger partial charge on any atom is -0.476 e. The van der Waals surface area contributed by atoms with Gasteiger partial charge in [-0.05, 0) is 24.3 Å². The van der Waals surface area contributed by atoms with Gasteiger partial charge in [0.05, 0.1) is 11.9 Å². The molecule has 0 aliphatic carbocycles. The van der Waals surface area contributed by atoms with Crippen LogP contribution in [-0.2, 0) is 0 Å². The molecule has 0 amide bonds. The van der Waals surface area contributed by atoms with Crippen LogP contribution >= 0.6 is 0 Å². The normalized spacial score (nSPS) is 10.7. The van der Waals surface area contributed by atoms with E-state index in [1.54, 1.807) is 24.5 Å². The van der Waals surface area contributed by atoms with E-state index in [0.717, 1.165) is 11.3 Å². The molecule has 1 N–H and O–H groups in total. The molecule has 0 saturated heterocycles. The Kier molecular flexibility index (Phi) is 2.26. The third-order valence-corrected chi connectivity index (χ3v) is 2.52. The van der Waals surface area contributed by atoms with E-state index >= 15 is 0 Å². The molecule has 18 heavy (non-hydrogen) atoms. The lowest BCUT2D eigenvalue weighted by Crippen LogP contribution is -1.95. The molecule has 0 unspecified atom stereocenters. The van der Waals surface area contributed by atoms with Crippen LogP contribution in [-0.4, -0.2) is 30.7 Å². The Morgan fingerprint density at radius 3 is 2.67 bits per heavy atom. The Morgan fingerprint density at radius 1 is 1.17 bits per heavy atom. The highest BCUT2D eigenvalue weighted by Gasteiger charge is 2.09. The number of aromatic carboxylic acids is 1.